The number of benzene rings is 3. The summed E-state index contributed by atoms with van der Waals surface area (Å²) in [4.78, 5) is 27.8. The van der Waals surface area contributed by atoms with E-state index < -0.39 is 0 Å². The van der Waals surface area contributed by atoms with Gasteiger partial charge in [-0.25, -0.2) is 0 Å². The highest BCUT2D eigenvalue weighted by Crippen LogP contribution is 2.30. The molecule has 1 aliphatic heterocycles. The Kier molecular flexibility index (Phi) is 5.94. The summed E-state index contributed by atoms with van der Waals surface area (Å²) in [5, 5.41) is 6.00. The van der Waals surface area contributed by atoms with Gasteiger partial charge in [-0.1, -0.05) is 54.6 Å². The van der Waals surface area contributed by atoms with Crippen molar-refractivity contribution in [1.29, 1.82) is 0 Å². The average Bonchev–Trinajstić information content (AvgIpc) is 3.67. The Morgan fingerprint density at radius 3 is 2.45 bits per heavy atom. The molecule has 0 bridgehead atoms. The molecule has 2 N–H and O–H groups in total. The van der Waals surface area contributed by atoms with E-state index >= 15 is 0 Å². The molecular weight excluding hydrogens is 410 g/mol. The van der Waals surface area contributed by atoms with Crippen molar-refractivity contribution in [2.24, 2.45) is 0 Å². The monoisotopic (exact) mass is 437 g/mol. The predicted molar refractivity (Wildman–Crippen MR) is 132 cm³/mol. The van der Waals surface area contributed by atoms with Crippen LogP contribution in [0.3, 0.4) is 0 Å². The molecule has 0 atom stereocenters. The molecule has 33 heavy (non-hydrogen) atoms. The summed E-state index contributed by atoms with van der Waals surface area (Å²) in [5.74, 6) is -0.311. The molecule has 1 saturated carbocycles. The van der Waals surface area contributed by atoms with Crippen molar-refractivity contribution in [2.75, 3.05) is 16.8 Å². The quantitative estimate of drug-likeness (QED) is 0.545. The first-order valence-electron chi connectivity index (χ1n) is 11.5. The largest absolute Gasteiger partial charge is 0.366 e. The summed E-state index contributed by atoms with van der Waals surface area (Å²) >= 11 is 0. The number of hydrogen-bond acceptors (Lipinski definition) is 3. The van der Waals surface area contributed by atoms with E-state index in [2.05, 4.69) is 39.8 Å². The van der Waals surface area contributed by atoms with Crippen molar-refractivity contribution < 1.29 is 9.59 Å². The first-order chi connectivity index (χ1) is 16.2. The Balaban J connectivity index is 1.37. The lowest BCUT2D eigenvalue weighted by Crippen LogP contribution is -2.33. The Morgan fingerprint density at radius 1 is 0.909 bits per heavy atom. The molecule has 3 aromatic carbocycles. The average molecular weight is 438 g/mol. The molecule has 1 aliphatic carbocycles. The third-order valence-electron chi connectivity index (χ3n) is 6.12. The minimum atomic E-state index is -0.230. The van der Waals surface area contributed by atoms with Crippen LogP contribution < -0.4 is 15.5 Å². The van der Waals surface area contributed by atoms with E-state index in [0.717, 1.165) is 43.6 Å². The van der Waals surface area contributed by atoms with Gasteiger partial charge in [-0.3, -0.25) is 9.59 Å². The Morgan fingerprint density at radius 2 is 1.67 bits per heavy atom. The van der Waals surface area contributed by atoms with Gasteiger partial charge in [-0.05, 0) is 60.2 Å². The molecule has 3 aromatic rings. The fourth-order valence-electron chi connectivity index (χ4n) is 4.18. The molecule has 5 heteroatoms. The maximum absolute atomic E-state index is 13.1. The summed E-state index contributed by atoms with van der Waals surface area (Å²) in [6, 6.07) is 24.0. The van der Waals surface area contributed by atoms with Crippen LogP contribution in [0.15, 0.2) is 78.9 Å². The first kappa shape index (κ1) is 21.0. The van der Waals surface area contributed by atoms with E-state index in [-0.39, 0.29) is 17.9 Å². The highest BCUT2D eigenvalue weighted by Gasteiger charge is 2.27. The van der Waals surface area contributed by atoms with Gasteiger partial charge in [-0.2, -0.15) is 0 Å². The van der Waals surface area contributed by atoms with Crippen molar-refractivity contribution in [3.8, 4) is 0 Å². The highest BCUT2D eigenvalue weighted by molar-refractivity contribution is 6.05. The van der Waals surface area contributed by atoms with E-state index in [1.165, 1.54) is 17.2 Å². The Labute approximate surface area is 194 Å². The maximum atomic E-state index is 13.1. The molecule has 1 heterocycles. The van der Waals surface area contributed by atoms with Gasteiger partial charge >= 0.3 is 0 Å². The van der Waals surface area contributed by atoms with Crippen LogP contribution in [0.1, 0.15) is 39.9 Å². The number of anilines is 2. The van der Waals surface area contributed by atoms with Gasteiger partial charge in [0.15, 0.2) is 0 Å². The first-order valence-corrected chi connectivity index (χ1v) is 11.5. The van der Waals surface area contributed by atoms with E-state index in [0.29, 0.717) is 11.3 Å². The number of carbonyl (C=O) groups excluding carboxylic acids is 2. The summed E-state index contributed by atoms with van der Waals surface area (Å²) in [6.45, 7) is 1.62. The van der Waals surface area contributed by atoms with Gasteiger partial charge in [-0.15, -0.1) is 0 Å². The molecule has 2 aliphatic rings. The van der Waals surface area contributed by atoms with Crippen molar-refractivity contribution in [3.63, 3.8) is 0 Å². The third-order valence-corrected chi connectivity index (χ3v) is 6.12. The second kappa shape index (κ2) is 9.33. The second-order valence-electron chi connectivity index (χ2n) is 8.65. The Bertz CT molecular complexity index is 1200. The molecule has 1 fully saturated rings. The second-order valence-corrected chi connectivity index (χ2v) is 8.65. The predicted octanol–water partition coefficient (Wildman–Crippen LogP) is 4.79. The van der Waals surface area contributed by atoms with E-state index in [1.807, 2.05) is 42.5 Å². The van der Waals surface area contributed by atoms with Crippen LogP contribution in [0.2, 0.25) is 0 Å². The number of amides is 2. The van der Waals surface area contributed by atoms with Crippen LogP contribution in [-0.4, -0.2) is 24.4 Å². The molecular formula is C28H27N3O2. The molecule has 2 amide bonds. The van der Waals surface area contributed by atoms with Crippen LogP contribution in [0.4, 0.5) is 11.4 Å². The van der Waals surface area contributed by atoms with Crippen LogP contribution in [0, 0.1) is 0 Å². The Hall–Kier alpha value is -3.86. The number of hydrogen-bond donors (Lipinski definition) is 2. The smallest absolute Gasteiger partial charge is 0.253 e. The molecule has 0 unspecified atom stereocenters. The van der Waals surface area contributed by atoms with Crippen LogP contribution in [0.25, 0.3) is 6.08 Å². The summed E-state index contributed by atoms with van der Waals surface area (Å²) in [7, 11) is 0. The topological polar surface area (TPSA) is 61.4 Å². The van der Waals surface area contributed by atoms with Crippen LogP contribution in [-0.2, 0) is 17.8 Å². The number of nitrogens with one attached hydrogen (secondary N) is 2. The van der Waals surface area contributed by atoms with Crippen molar-refractivity contribution in [1.82, 2.24) is 5.32 Å². The molecule has 5 nitrogen and oxygen atoms in total. The highest BCUT2D eigenvalue weighted by atomic mass is 16.2. The van der Waals surface area contributed by atoms with Gasteiger partial charge in [0, 0.05) is 36.6 Å². The van der Waals surface area contributed by atoms with Gasteiger partial charge in [0.25, 0.3) is 5.91 Å². The van der Waals surface area contributed by atoms with E-state index in [9.17, 15) is 9.59 Å². The molecule has 0 saturated heterocycles. The van der Waals surface area contributed by atoms with Crippen molar-refractivity contribution >= 4 is 29.3 Å². The summed E-state index contributed by atoms with van der Waals surface area (Å²) < 4.78 is 0. The maximum Gasteiger partial charge on any atom is 0.253 e. The lowest BCUT2D eigenvalue weighted by molar-refractivity contribution is -0.111. The van der Waals surface area contributed by atoms with Crippen LogP contribution in [0.5, 0.6) is 0 Å². The zero-order valence-electron chi connectivity index (χ0n) is 18.5. The number of rotatable bonds is 6. The fraction of sp³-hybridized carbons (Fsp3) is 0.214. The van der Waals surface area contributed by atoms with Gasteiger partial charge in [0.2, 0.25) is 5.91 Å². The van der Waals surface area contributed by atoms with E-state index in [4.69, 9.17) is 0 Å². The molecule has 166 valence electrons. The zero-order valence-corrected chi connectivity index (χ0v) is 18.5. The summed E-state index contributed by atoms with van der Waals surface area (Å²) in [5.41, 5.74) is 5.73. The SMILES string of the molecule is O=C(/C=C/c1ccccc1)Nc1ccc(N2CCc3ccccc3C2)c(C(=O)NC2CC2)c1. The van der Waals surface area contributed by atoms with Gasteiger partial charge in [0.1, 0.15) is 0 Å². The van der Waals surface area contributed by atoms with Crippen LogP contribution >= 0.6 is 0 Å². The van der Waals surface area contributed by atoms with Crippen molar-refractivity contribution in [2.45, 2.75) is 31.8 Å². The molecule has 5 rings (SSSR count). The third kappa shape index (κ3) is 5.14. The molecule has 0 spiro atoms. The standard InChI is InChI=1S/C28H27N3O2/c32-27(15-10-20-6-2-1-3-7-20)29-24-13-14-26(25(18-24)28(33)30-23-11-12-23)31-17-16-21-8-4-5-9-22(21)19-31/h1-10,13-15,18,23H,11-12,16-17,19H2,(H,29,32)(H,30,33)/b15-10+. The zero-order chi connectivity index (χ0) is 22.6. The normalized spacial score (nSPS) is 15.2. The number of nitrogens with zero attached hydrogens (tertiary/aromatic N) is 1. The lowest BCUT2D eigenvalue weighted by atomic mass is 9.98. The van der Waals surface area contributed by atoms with Gasteiger partial charge in [0.05, 0.1) is 5.56 Å². The fourth-order valence-corrected chi connectivity index (χ4v) is 4.18. The minimum absolute atomic E-state index is 0.0812. The van der Waals surface area contributed by atoms with Gasteiger partial charge < -0.3 is 15.5 Å². The molecule has 0 aromatic heterocycles. The summed E-state index contributed by atoms with van der Waals surface area (Å²) in [6.07, 6.45) is 6.28. The number of carbonyl (C=O) groups is 2. The lowest BCUT2D eigenvalue weighted by Gasteiger charge is -2.32. The minimum Gasteiger partial charge on any atom is -0.366 e. The van der Waals surface area contributed by atoms with Crippen molar-refractivity contribution in [3.05, 3.63) is 101 Å². The molecule has 0 radical (unpaired) electrons. The number of fused-ring (bicyclic) bond motifs is 1. The van der Waals surface area contributed by atoms with E-state index in [1.54, 1.807) is 12.1 Å².